The zero-order chi connectivity index (χ0) is 15.6. The molecule has 0 aliphatic heterocycles. The van der Waals surface area contributed by atoms with Crippen LogP contribution < -0.4 is 0 Å². The highest BCUT2D eigenvalue weighted by Gasteiger charge is 2.26. The number of hydrogen-bond acceptors (Lipinski definition) is 5. The molecule has 6 nitrogen and oxygen atoms in total. The number of hydrogen-bond donors (Lipinski definition) is 1. The molecule has 0 saturated carbocycles. The van der Waals surface area contributed by atoms with E-state index in [0.29, 0.717) is 12.2 Å². The van der Waals surface area contributed by atoms with Crippen LogP contribution in [0.4, 0.5) is 0 Å². The summed E-state index contributed by atoms with van der Waals surface area (Å²) in [5, 5.41) is 23.0. The number of nitrogens with zero attached hydrogens (tertiary/aromatic N) is 4. The molecule has 1 atom stereocenters. The van der Waals surface area contributed by atoms with Crippen molar-refractivity contribution in [3.8, 4) is 11.4 Å². The number of aliphatic carboxylic acids is 1. The standard InChI is InChI=1S/C13H17BrN4O2S/c1-13(2,3)5-9(12(19)20)6-18-11(15-16-17-18)8-4-10(14)21-7-8/h4,7,9H,5-6H2,1-3H3,(H,19,20). The Morgan fingerprint density at radius 1 is 1.52 bits per heavy atom. The quantitative estimate of drug-likeness (QED) is 0.870. The highest BCUT2D eigenvalue weighted by atomic mass is 79.9. The third kappa shape index (κ3) is 4.34. The summed E-state index contributed by atoms with van der Waals surface area (Å²) in [6, 6.07) is 1.92. The van der Waals surface area contributed by atoms with Crippen molar-refractivity contribution in [3.63, 3.8) is 0 Å². The first-order valence-corrected chi connectivity index (χ1v) is 8.17. The van der Waals surface area contributed by atoms with Crippen LogP contribution in [0.2, 0.25) is 0 Å². The van der Waals surface area contributed by atoms with Crippen molar-refractivity contribution < 1.29 is 9.90 Å². The molecule has 0 aliphatic carbocycles. The molecule has 2 rings (SSSR count). The van der Waals surface area contributed by atoms with Crippen LogP contribution >= 0.6 is 27.3 Å². The van der Waals surface area contributed by atoms with E-state index in [0.717, 1.165) is 9.35 Å². The minimum absolute atomic E-state index is 0.0668. The van der Waals surface area contributed by atoms with Gasteiger partial charge in [-0.1, -0.05) is 20.8 Å². The van der Waals surface area contributed by atoms with E-state index in [4.69, 9.17) is 0 Å². The Morgan fingerprint density at radius 3 is 2.76 bits per heavy atom. The van der Waals surface area contributed by atoms with Crippen molar-refractivity contribution in [1.82, 2.24) is 20.2 Å². The van der Waals surface area contributed by atoms with E-state index >= 15 is 0 Å². The lowest BCUT2D eigenvalue weighted by atomic mass is 9.84. The van der Waals surface area contributed by atoms with E-state index in [1.807, 2.05) is 32.2 Å². The number of carboxylic acids is 1. The molecule has 21 heavy (non-hydrogen) atoms. The Kier molecular flexibility index (Phi) is 4.77. The maximum absolute atomic E-state index is 11.5. The fourth-order valence-electron chi connectivity index (χ4n) is 2.14. The highest BCUT2D eigenvalue weighted by molar-refractivity contribution is 9.11. The van der Waals surface area contributed by atoms with Gasteiger partial charge in [-0.05, 0) is 44.3 Å². The second-order valence-electron chi connectivity index (χ2n) is 6.12. The molecule has 1 unspecified atom stereocenters. The van der Waals surface area contributed by atoms with Crippen molar-refractivity contribution >= 4 is 33.2 Å². The van der Waals surface area contributed by atoms with Gasteiger partial charge in [0.15, 0.2) is 5.82 Å². The first-order chi connectivity index (χ1) is 9.76. The summed E-state index contributed by atoms with van der Waals surface area (Å²) in [5.41, 5.74) is 0.819. The van der Waals surface area contributed by atoms with Crippen molar-refractivity contribution in [2.24, 2.45) is 11.3 Å². The van der Waals surface area contributed by atoms with Gasteiger partial charge in [-0.2, -0.15) is 0 Å². The second-order valence-corrected chi connectivity index (χ2v) is 8.41. The van der Waals surface area contributed by atoms with Crippen LogP contribution in [0.25, 0.3) is 11.4 Å². The minimum atomic E-state index is -0.821. The van der Waals surface area contributed by atoms with Gasteiger partial charge in [-0.15, -0.1) is 16.4 Å². The van der Waals surface area contributed by atoms with Gasteiger partial charge in [0.2, 0.25) is 0 Å². The van der Waals surface area contributed by atoms with Crippen molar-refractivity contribution in [2.45, 2.75) is 33.7 Å². The van der Waals surface area contributed by atoms with Crippen LogP contribution in [0, 0.1) is 11.3 Å². The van der Waals surface area contributed by atoms with Crippen LogP contribution in [0.3, 0.4) is 0 Å². The first kappa shape index (κ1) is 16.1. The summed E-state index contributed by atoms with van der Waals surface area (Å²) in [6.45, 7) is 6.35. The lowest BCUT2D eigenvalue weighted by Gasteiger charge is -2.23. The monoisotopic (exact) mass is 372 g/mol. The van der Waals surface area contributed by atoms with Crippen LogP contribution in [-0.4, -0.2) is 31.3 Å². The smallest absolute Gasteiger partial charge is 0.308 e. The molecule has 0 saturated heterocycles. The molecule has 114 valence electrons. The van der Waals surface area contributed by atoms with Gasteiger partial charge in [0.25, 0.3) is 0 Å². The first-order valence-electron chi connectivity index (χ1n) is 6.49. The SMILES string of the molecule is CC(C)(C)CC(Cn1nnnc1-c1csc(Br)c1)C(=O)O. The van der Waals surface area contributed by atoms with Crippen LogP contribution in [0.5, 0.6) is 0 Å². The lowest BCUT2D eigenvalue weighted by molar-refractivity contribution is -0.143. The van der Waals surface area contributed by atoms with Crippen molar-refractivity contribution in [2.75, 3.05) is 0 Å². The minimum Gasteiger partial charge on any atom is -0.481 e. The molecular formula is C13H17BrN4O2S. The molecule has 0 aliphatic rings. The normalized spacial score (nSPS) is 13.3. The molecular weight excluding hydrogens is 356 g/mol. The number of tetrazole rings is 1. The van der Waals surface area contributed by atoms with E-state index in [9.17, 15) is 9.90 Å². The molecule has 0 fully saturated rings. The van der Waals surface area contributed by atoms with Crippen molar-refractivity contribution in [3.05, 3.63) is 15.2 Å². The fraction of sp³-hybridized carbons (Fsp3) is 0.538. The van der Waals surface area contributed by atoms with E-state index in [2.05, 4.69) is 31.5 Å². The lowest BCUT2D eigenvalue weighted by Crippen LogP contribution is -2.26. The average Bonchev–Trinajstić information content (AvgIpc) is 2.95. The molecule has 0 radical (unpaired) electrons. The summed E-state index contributed by atoms with van der Waals surface area (Å²) in [5.74, 6) is -0.746. The summed E-state index contributed by atoms with van der Waals surface area (Å²) in [7, 11) is 0. The van der Waals surface area contributed by atoms with E-state index in [-0.39, 0.29) is 12.0 Å². The molecule has 2 aromatic heterocycles. The molecule has 0 amide bonds. The fourth-order valence-corrected chi connectivity index (χ4v) is 3.27. The molecule has 0 bridgehead atoms. The average molecular weight is 373 g/mol. The van der Waals surface area contributed by atoms with E-state index in [1.165, 1.54) is 11.3 Å². The second kappa shape index (κ2) is 6.23. The molecule has 0 spiro atoms. The van der Waals surface area contributed by atoms with E-state index in [1.54, 1.807) is 4.68 Å². The van der Waals surface area contributed by atoms with Crippen LogP contribution in [0.1, 0.15) is 27.2 Å². The highest BCUT2D eigenvalue weighted by Crippen LogP contribution is 2.29. The van der Waals surface area contributed by atoms with Gasteiger partial charge in [-0.25, -0.2) is 4.68 Å². The third-order valence-corrected chi connectivity index (χ3v) is 4.46. The molecule has 2 heterocycles. The number of carboxylic acid groups (broad SMARTS) is 1. The van der Waals surface area contributed by atoms with Crippen LogP contribution in [-0.2, 0) is 11.3 Å². The third-order valence-electron chi connectivity index (χ3n) is 2.96. The number of rotatable bonds is 5. The summed E-state index contributed by atoms with van der Waals surface area (Å²) >= 11 is 4.94. The Bertz CT molecular complexity index is 632. The number of halogens is 1. The Labute approximate surface area is 135 Å². The van der Waals surface area contributed by atoms with E-state index < -0.39 is 11.9 Å². The van der Waals surface area contributed by atoms with Gasteiger partial charge in [0.1, 0.15) is 0 Å². The molecule has 2 aromatic rings. The van der Waals surface area contributed by atoms with Crippen molar-refractivity contribution in [1.29, 1.82) is 0 Å². The summed E-state index contributed by atoms with van der Waals surface area (Å²) in [4.78, 5) is 11.5. The number of aromatic nitrogens is 4. The number of thiophene rings is 1. The largest absolute Gasteiger partial charge is 0.481 e. The Balaban J connectivity index is 2.22. The molecule has 1 N–H and O–H groups in total. The molecule has 0 aromatic carbocycles. The van der Waals surface area contributed by atoms with Gasteiger partial charge in [0.05, 0.1) is 16.2 Å². The zero-order valence-electron chi connectivity index (χ0n) is 12.1. The van der Waals surface area contributed by atoms with Crippen LogP contribution in [0.15, 0.2) is 15.2 Å². The van der Waals surface area contributed by atoms with Gasteiger partial charge >= 0.3 is 5.97 Å². The molecule has 8 heteroatoms. The topological polar surface area (TPSA) is 80.9 Å². The summed E-state index contributed by atoms with van der Waals surface area (Å²) < 4.78 is 2.55. The zero-order valence-corrected chi connectivity index (χ0v) is 14.5. The number of carbonyl (C=O) groups is 1. The van der Waals surface area contributed by atoms with Gasteiger partial charge in [-0.3, -0.25) is 4.79 Å². The Morgan fingerprint density at radius 2 is 2.24 bits per heavy atom. The predicted octanol–water partition coefficient (Wildman–Crippen LogP) is 3.30. The van der Waals surface area contributed by atoms with Gasteiger partial charge < -0.3 is 5.11 Å². The maximum Gasteiger partial charge on any atom is 0.308 e. The Hall–Kier alpha value is -1.28. The summed E-state index contributed by atoms with van der Waals surface area (Å²) in [6.07, 6.45) is 0.564. The predicted molar refractivity (Wildman–Crippen MR) is 84.0 cm³/mol. The van der Waals surface area contributed by atoms with Gasteiger partial charge in [0, 0.05) is 10.9 Å². The maximum atomic E-state index is 11.5.